The molecule has 4 aromatic rings. The van der Waals surface area contributed by atoms with Gasteiger partial charge in [-0.25, -0.2) is 0 Å². The Labute approximate surface area is 374 Å². The number of hydrogen-bond donors (Lipinski definition) is 0. The molecule has 0 bridgehead atoms. The van der Waals surface area contributed by atoms with E-state index in [4.69, 9.17) is 0 Å². The summed E-state index contributed by atoms with van der Waals surface area (Å²) in [6.45, 7) is 43.1. The Morgan fingerprint density at radius 2 is 0.643 bits per heavy atom. The maximum atomic E-state index is 2.65. The number of hydrogen-bond acceptors (Lipinski definition) is 0. The van der Waals surface area contributed by atoms with Gasteiger partial charge < -0.3 is 37.2 Å². The monoisotopic (exact) mass is 862 g/mol. The molecule has 0 aliphatic heterocycles. The zero-order valence-corrected chi connectivity index (χ0v) is 42.6. The molecular weight excluding hydrogens is 795 g/mol. The van der Waals surface area contributed by atoms with Crippen LogP contribution >= 0.6 is 0 Å². The molecule has 1 atom stereocenters. The Bertz CT molecular complexity index is 1770. The van der Waals surface area contributed by atoms with Crippen molar-refractivity contribution in [3.05, 3.63) is 129 Å². The quantitative estimate of drug-likeness (QED) is 0.219. The molecule has 1 aliphatic rings. The number of allylic oxidation sites excluding steroid dienone is 1. The fraction of sp³-hybridized carbons (Fsp3) is 0.490. The summed E-state index contributed by atoms with van der Waals surface area (Å²) >= 11 is 2.49. The van der Waals surface area contributed by atoms with Crippen molar-refractivity contribution in [3.8, 4) is 0 Å². The molecule has 1 aliphatic carbocycles. The van der Waals surface area contributed by atoms with Gasteiger partial charge >= 0.3 is 340 Å². The summed E-state index contributed by atoms with van der Waals surface area (Å²) in [7, 11) is -3.05. The number of fused-ring (bicyclic) bond motifs is 1. The van der Waals surface area contributed by atoms with Crippen molar-refractivity contribution in [1.29, 1.82) is 0 Å². The first-order chi connectivity index (χ1) is 23.9. The zero-order chi connectivity index (χ0) is 39.9. The largest absolute Gasteiger partial charge is 1.00 e. The van der Waals surface area contributed by atoms with Gasteiger partial charge in [-0.3, -0.25) is 0 Å². The van der Waals surface area contributed by atoms with Crippen LogP contribution < -0.4 is 52.8 Å². The van der Waals surface area contributed by atoms with Crippen molar-refractivity contribution in [2.75, 3.05) is 0 Å². The van der Waals surface area contributed by atoms with Crippen LogP contribution in [-0.4, -0.2) is 8.07 Å². The van der Waals surface area contributed by atoms with Crippen LogP contribution in [0.15, 0.2) is 84.1 Å². The average Bonchev–Trinajstić information content (AvgIpc) is 3.35. The maximum Gasteiger partial charge on any atom is -1.00 e. The minimum Gasteiger partial charge on any atom is -1.00 e. The predicted molar refractivity (Wildman–Crippen MR) is 233 cm³/mol. The van der Waals surface area contributed by atoms with Crippen LogP contribution in [0.2, 0.25) is 0 Å². The third-order valence-electron chi connectivity index (χ3n) is 11.7. The molecule has 302 valence electrons. The molecular formula is C51H69Cl3SiTi. The van der Waals surface area contributed by atoms with E-state index < -0.39 is 8.07 Å². The van der Waals surface area contributed by atoms with Crippen molar-refractivity contribution >= 4 is 29.7 Å². The van der Waals surface area contributed by atoms with Crippen LogP contribution in [-0.2, 0) is 52.9 Å². The van der Waals surface area contributed by atoms with Gasteiger partial charge in [0.05, 0.1) is 0 Å². The van der Waals surface area contributed by atoms with Crippen molar-refractivity contribution in [2.24, 2.45) is 0 Å². The van der Waals surface area contributed by atoms with Crippen LogP contribution in [0.4, 0.5) is 0 Å². The molecule has 5 heteroatoms. The van der Waals surface area contributed by atoms with E-state index in [0.29, 0.717) is 0 Å². The molecule has 0 amide bonds. The molecule has 5 rings (SSSR count). The summed E-state index contributed by atoms with van der Waals surface area (Å²) in [4.78, 5) is 0. The smallest absolute Gasteiger partial charge is 1.00 e. The molecule has 0 spiro atoms. The van der Waals surface area contributed by atoms with Crippen LogP contribution in [0.25, 0.3) is 6.08 Å². The maximum absolute atomic E-state index is 3.05. The van der Waals surface area contributed by atoms with E-state index in [1.807, 2.05) is 0 Å². The molecule has 1 unspecified atom stereocenters. The first-order valence-electron chi connectivity index (χ1n) is 20.0. The Hall–Kier alpha value is -1.58. The van der Waals surface area contributed by atoms with E-state index in [9.17, 15) is 0 Å². The number of halogens is 3. The van der Waals surface area contributed by atoms with Gasteiger partial charge in [-0.2, -0.15) is 0 Å². The van der Waals surface area contributed by atoms with Gasteiger partial charge in [0, 0.05) is 0 Å². The van der Waals surface area contributed by atoms with Crippen LogP contribution in [0, 0.1) is 0 Å². The summed E-state index contributed by atoms with van der Waals surface area (Å²) in [5, 5.41) is 6.13. The minimum atomic E-state index is -3.05. The van der Waals surface area contributed by atoms with Crippen molar-refractivity contribution in [3.63, 3.8) is 0 Å². The van der Waals surface area contributed by atoms with Gasteiger partial charge in [-0.1, -0.05) is 0 Å². The van der Waals surface area contributed by atoms with Crippen LogP contribution in [0.3, 0.4) is 0 Å². The fourth-order valence-electron chi connectivity index (χ4n) is 7.78. The first kappa shape index (κ1) is 50.6. The number of benzene rings is 4. The van der Waals surface area contributed by atoms with E-state index in [1.165, 1.54) is 60.1 Å². The molecule has 4 aromatic carbocycles. The Kier molecular flexibility index (Phi) is 15.2. The van der Waals surface area contributed by atoms with E-state index in [-0.39, 0.29) is 73.9 Å². The van der Waals surface area contributed by atoms with Gasteiger partial charge in [-0.15, -0.1) is 0 Å². The third-order valence-corrected chi connectivity index (χ3v) is 17.8. The fourth-order valence-corrected chi connectivity index (χ4v) is 14.5. The van der Waals surface area contributed by atoms with Gasteiger partial charge in [0.2, 0.25) is 0 Å². The second-order valence-corrected chi connectivity index (χ2v) is 27.0. The summed E-state index contributed by atoms with van der Waals surface area (Å²) in [5.74, 6) is 0. The Morgan fingerprint density at radius 3 is 0.875 bits per heavy atom. The standard InChI is InChI=1S/C51H69Si.3ClH.Ti/c1-46(2,3)36-25-37(47(4,5)6)29-43(28-36)52(42-23-34-21-19-20-22-35(34)24-42,44-30-38(48(7,8)9)26-39(31-44)49(10,11)12)45-32-40(50(13,14)15)27-41(33-45)51(16,17)18;;;;/h19-33H,1-18H3;3*1H;/q;;;;+3/p-3. The molecule has 0 saturated carbocycles. The van der Waals surface area contributed by atoms with Gasteiger partial charge in [0.15, 0.2) is 0 Å². The van der Waals surface area contributed by atoms with E-state index >= 15 is 0 Å². The van der Waals surface area contributed by atoms with Gasteiger partial charge in [0.25, 0.3) is 0 Å². The van der Waals surface area contributed by atoms with Crippen LogP contribution in [0.1, 0.15) is 173 Å². The average molecular weight is 864 g/mol. The second-order valence-electron chi connectivity index (χ2n) is 22.3. The first-order valence-corrected chi connectivity index (χ1v) is 22.9. The summed E-state index contributed by atoms with van der Waals surface area (Å²) in [6, 6.07) is 32.7. The van der Waals surface area contributed by atoms with Crippen molar-refractivity contribution in [1.82, 2.24) is 0 Å². The SMILES string of the molecule is CC(C)(C)c1cc(C(C)(C)C)cc([Si](C2=Cc3ccccc3[CH]2[Ti+3])(c2cc(C(C)(C)C)cc(C(C)(C)C)c2)c2cc(C(C)(C)C)cc(C(C)(C)C)c2)c1.[Cl-].[Cl-].[Cl-]. The van der Waals surface area contributed by atoms with Crippen LogP contribution in [0.5, 0.6) is 0 Å². The minimum absolute atomic E-state index is 0. The van der Waals surface area contributed by atoms with Gasteiger partial charge in [0.1, 0.15) is 0 Å². The number of rotatable bonds is 4. The van der Waals surface area contributed by atoms with E-state index in [0.717, 1.165) is 0 Å². The normalized spacial score (nSPS) is 15.3. The Morgan fingerprint density at radius 1 is 0.393 bits per heavy atom. The molecule has 0 saturated heterocycles. The molecule has 0 aromatic heterocycles. The molecule has 0 nitrogen and oxygen atoms in total. The topological polar surface area (TPSA) is 0 Å². The van der Waals surface area contributed by atoms with Gasteiger partial charge in [-0.05, 0) is 0 Å². The second kappa shape index (κ2) is 16.8. The molecule has 0 fully saturated rings. The molecule has 56 heavy (non-hydrogen) atoms. The summed E-state index contributed by atoms with van der Waals surface area (Å²) < 4.78 is 0.280. The molecule has 0 heterocycles. The Balaban J connectivity index is 0.00000361. The summed E-state index contributed by atoms with van der Waals surface area (Å²) in [6.07, 6.45) is 2.63. The summed E-state index contributed by atoms with van der Waals surface area (Å²) in [5.41, 5.74) is 11.3. The predicted octanol–water partition coefficient (Wildman–Crippen LogP) is 3.18. The van der Waals surface area contributed by atoms with E-state index in [1.54, 1.807) is 5.20 Å². The zero-order valence-electron chi connectivity index (χ0n) is 37.8. The third kappa shape index (κ3) is 10.1. The van der Waals surface area contributed by atoms with Crippen molar-refractivity contribution < 1.29 is 57.7 Å². The molecule has 0 radical (unpaired) electrons. The molecule has 0 N–H and O–H groups in total. The van der Waals surface area contributed by atoms with E-state index in [2.05, 4.69) is 230 Å². The van der Waals surface area contributed by atoms with Crippen molar-refractivity contribution in [2.45, 2.75) is 161 Å².